The van der Waals surface area contributed by atoms with Crippen LogP contribution in [0, 0.1) is 6.92 Å². The van der Waals surface area contributed by atoms with Crippen LogP contribution in [0.2, 0.25) is 0 Å². The van der Waals surface area contributed by atoms with Gasteiger partial charge in [-0.05, 0) is 26.0 Å². The van der Waals surface area contributed by atoms with Crippen molar-refractivity contribution < 1.29 is 13.2 Å². The molecule has 3 heterocycles. The molecule has 1 amide bonds. The molecule has 0 unspecified atom stereocenters. The number of aromatic nitrogens is 4. The van der Waals surface area contributed by atoms with E-state index in [1.165, 1.54) is 0 Å². The molecule has 2 aromatic rings. The SMILES string of the molecule is CCn1nc(C)cc1C(=O)N1Cc2ccnn2[C@H](CNS(C)(=O)=O)C1. The summed E-state index contributed by atoms with van der Waals surface area (Å²) in [6.45, 7) is 5.40. The van der Waals surface area contributed by atoms with Crippen LogP contribution >= 0.6 is 0 Å². The van der Waals surface area contributed by atoms with Crippen molar-refractivity contribution in [3.8, 4) is 0 Å². The molecule has 0 spiro atoms. The van der Waals surface area contributed by atoms with Gasteiger partial charge in [-0.3, -0.25) is 14.2 Å². The summed E-state index contributed by atoms with van der Waals surface area (Å²) in [5.74, 6) is -0.112. The number of sulfonamides is 1. The zero-order chi connectivity index (χ0) is 18.2. The third-order valence-electron chi connectivity index (χ3n) is 4.17. The molecule has 0 saturated carbocycles. The fraction of sp³-hybridized carbons (Fsp3) is 0.533. The quantitative estimate of drug-likeness (QED) is 0.812. The number of rotatable bonds is 5. The zero-order valence-corrected chi connectivity index (χ0v) is 15.3. The van der Waals surface area contributed by atoms with Crippen molar-refractivity contribution in [2.75, 3.05) is 19.3 Å². The van der Waals surface area contributed by atoms with Crippen LogP contribution in [0.15, 0.2) is 18.3 Å². The van der Waals surface area contributed by atoms with Crippen molar-refractivity contribution in [2.24, 2.45) is 0 Å². The highest BCUT2D eigenvalue weighted by Gasteiger charge is 2.30. The summed E-state index contributed by atoms with van der Waals surface area (Å²) in [7, 11) is -3.32. The van der Waals surface area contributed by atoms with Crippen LogP contribution in [0.3, 0.4) is 0 Å². The first-order valence-electron chi connectivity index (χ1n) is 8.09. The van der Waals surface area contributed by atoms with Gasteiger partial charge in [0.1, 0.15) is 5.69 Å². The molecule has 0 radical (unpaired) electrons. The van der Waals surface area contributed by atoms with E-state index < -0.39 is 10.0 Å². The molecular weight excluding hydrogens is 344 g/mol. The van der Waals surface area contributed by atoms with Gasteiger partial charge in [-0.2, -0.15) is 10.2 Å². The number of nitrogens with one attached hydrogen (secondary N) is 1. The minimum atomic E-state index is -3.32. The molecule has 9 nitrogen and oxygen atoms in total. The summed E-state index contributed by atoms with van der Waals surface area (Å²) in [6.07, 6.45) is 2.78. The molecular formula is C15H22N6O3S. The van der Waals surface area contributed by atoms with Gasteiger partial charge >= 0.3 is 0 Å². The molecule has 0 fully saturated rings. The van der Waals surface area contributed by atoms with Crippen LogP contribution in [0.4, 0.5) is 0 Å². The standard InChI is InChI=1S/C15H22N6O3S/c1-4-20-14(7-11(2)18-20)15(22)19-9-12-5-6-16-21(12)13(10-19)8-17-25(3,23)24/h5-7,13,17H,4,8-10H2,1-3H3/t13-/m1/s1. The Hall–Kier alpha value is -2.20. The molecule has 3 rings (SSSR count). The number of fused-ring (bicyclic) bond motifs is 1. The third-order valence-corrected chi connectivity index (χ3v) is 4.86. The zero-order valence-electron chi connectivity index (χ0n) is 14.5. The topological polar surface area (TPSA) is 102 Å². The predicted octanol–water partition coefficient (Wildman–Crippen LogP) is 0.154. The molecule has 25 heavy (non-hydrogen) atoms. The predicted molar refractivity (Wildman–Crippen MR) is 91.5 cm³/mol. The second kappa shape index (κ2) is 6.60. The van der Waals surface area contributed by atoms with Gasteiger partial charge in [-0.15, -0.1) is 0 Å². The van der Waals surface area contributed by atoms with E-state index in [9.17, 15) is 13.2 Å². The number of hydrogen-bond acceptors (Lipinski definition) is 5. The van der Waals surface area contributed by atoms with Gasteiger partial charge in [0.25, 0.3) is 5.91 Å². The van der Waals surface area contributed by atoms with Crippen LogP contribution in [0.5, 0.6) is 0 Å². The van der Waals surface area contributed by atoms with Gasteiger partial charge in [-0.25, -0.2) is 13.1 Å². The molecule has 0 aromatic carbocycles. The monoisotopic (exact) mass is 366 g/mol. The minimum absolute atomic E-state index is 0.112. The largest absolute Gasteiger partial charge is 0.329 e. The van der Waals surface area contributed by atoms with Crippen molar-refractivity contribution in [1.82, 2.24) is 29.2 Å². The maximum atomic E-state index is 13.0. The second-order valence-electron chi connectivity index (χ2n) is 6.21. The summed E-state index contributed by atoms with van der Waals surface area (Å²) in [6, 6.07) is 3.37. The van der Waals surface area contributed by atoms with E-state index in [0.29, 0.717) is 25.3 Å². The van der Waals surface area contributed by atoms with E-state index in [4.69, 9.17) is 0 Å². The number of aryl methyl sites for hydroxylation is 2. The van der Waals surface area contributed by atoms with Crippen LogP contribution in [-0.4, -0.2) is 58.1 Å². The number of hydrogen-bond donors (Lipinski definition) is 1. The van der Waals surface area contributed by atoms with Gasteiger partial charge in [0.2, 0.25) is 10.0 Å². The molecule has 0 saturated heterocycles. The Bertz CT molecular complexity index is 885. The summed E-state index contributed by atoms with van der Waals surface area (Å²) in [5, 5.41) is 8.60. The van der Waals surface area contributed by atoms with Gasteiger partial charge in [-0.1, -0.05) is 0 Å². The van der Waals surface area contributed by atoms with Crippen molar-refractivity contribution in [3.05, 3.63) is 35.4 Å². The van der Waals surface area contributed by atoms with Crippen molar-refractivity contribution >= 4 is 15.9 Å². The van der Waals surface area contributed by atoms with Gasteiger partial charge in [0.15, 0.2) is 0 Å². The normalized spacial score (nSPS) is 17.6. The molecule has 0 bridgehead atoms. The highest BCUT2D eigenvalue weighted by molar-refractivity contribution is 7.88. The van der Waals surface area contributed by atoms with Gasteiger partial charge < -0.3 is 4.90 Å². The van der Waals surface area contributed by atoms with E-state index in [1.807, 2.05) is 19.9 Å². The first-order chi connectivity index (χ1) is 11.8. The fourth-order valence-electron chi connectivity index (χ4n) is 3.06. The summed E-state index contributed by atoms with van der Waals surface area (Å²) in [4.78, 5) is 14.7. The fourth-order valence-corrected chi connectivity index (χ4v) is 3.56. The number of carbonyl (C=O) groups is 1. The first-order valence-corrected chi connectivity index (χ1v) is 9.98. The van der Waals surface area contributed by atoms with Crippen molar-refractivity contribution in [2.45, 2.75) is 33.0 Å². The first kappa shape index (κ1) is 17.6. The molecule has 10 heteroatoms. The highest BCUT2D eigenvalue weighted by atomic mass is 32.2. The van der Waals surface area contributed by atoms with Crippen LogP contribution < -0.4 is 4.72 Å². The Morgan fingerprint density at radius 2 is 2.20 bits per heavy atom. The smallest absolute Gasteiger partial charge is 0.272 e. The average Bonchev–Trinajstić information content (AvgIpc) is 3.16. The summed E-state index contributed by atoms with van der Waals surface area (Å²) < 4.78 is 28.8. The van der Waals surface area contributed by atoms with E-state index in [1.54, 1.807) is 26.5 Å². The second-order valence-corrected chi connectivity index (χ2v) is 8.05. The molecule has 0 aliphatic carbocycles. The van der Waals surface area contributed by atoms with E-state index >= 15 is 0 Å². The molecule has 1 aliphatic rings. The highest BCUT2D eigenvalue weighted by Crippen LogP contribution is 2.22. The van der Waals surface area contributed by atoms with Crippen LogP contribution in [-0.2, 0) is 23.1 Å². The van der Waals surface area contributed by atoms with Crippen LogP contribution in [0.1, 0.15) is 34.8 Å². The Morgan fingerprint density at radius 1 is 1.44 bits per heavy atom. The van der Waals surface area contributed by atoms with Crippen molar-refractivity contribution in [1.29, 1.82) is 0 Å². The third kappa shape index (κ3) is 3.74. The lowest BCUT2D eigenvalue weighted by Gasteiger charge is -2.34. The van der Waals surface area contributed by atoms with E-state index in [2.05, 4.69) is 14.9 Å². The lowest BCUT2D eigenvalue weighted by atomic mass is 10.1. The Morgan fingerprint density at radius 3 is 2.88 bits per heavy atom. The number of amides is 1. The van der Waals surface area contributed by atoms with Gasteiger partial charge in [0, 0.05) is 25.8 Å². The number of carbonyl (C=O) groups excluding carboxylic acids is 1. The lowest BCUT2D eigenvalue weighted by molar-refractivity contribution is 0.0659. The molecule has 1 atom stereocenters. The summed E-state index contributed by atoms with van der Waals surface area (Å²) in [5.41, 5.74) is 2.21. The maximum Gasteiger partial charge on any atom is 0.272 e. The molecule has 1 aliphatic heterocycles. The Labute approximate surface area is 146 Å². The van der Waals surface area contributed by atoms with E-state index in [-0.39, 0.29) is 18.5 Å². The minimum Gasteiger partial charge on any atom is -0.329 e. The van der Waals surface area contributed by atoms with Gasteiger partial charge in [0.05, 0.1) is 30.2 Å². The van der Waals surface area contributed by atoms with Crippen LogP contribution in [0.25, 0.3) is 0 Å². The van der Waals surface area contributed by atoms with Crippen molar-refractivity contribution in [3.63, 3.8) is 0 Å². The Balaban J connectivity index is 1.85. The molecule has 2 aromatic heterocycles. The average molecular weight is 366 g/mol. The van der Waals surface area contributed by atoms with E-state index in [0.717, 1.165) is 17.6 Å². The number of nitrogens with zero attached hydrogens (tertiary/aromatic N) is 5. The maximum absolute atomic E-state index is 13.0. The molecule has 136 valence electrons. The molecule has 1 N–H and O–H groups in total. The Kier molecular flexibility index (Phi) is 4.65. The summed E-state index contributed by atoms with van der Waals surface area (Å²) >= 11 is 0. The lowest BCUT2D eigenvalue weighted by Crippen LogP contribution is -2.45.